The highest BCUT2D eigenvalue weighted by Gasteiger charge is 2.39. The summed E-state index contributed by atoms with van der Waals surface area (Å²) in [5.41, 5.74) is 5.27. The van der Waals surface area contributed by atoms with E-state index in [1.807, 2.05) is 13.8 Å². The number of ether oxygens (including phenoxy) is 1. The highest BCUT2D eigenvalue weighted by atomic mass is 32.1. The first-order valence-electron chi connectivity index (χ1n) is 6.50. The zero-order valence-electron chi connectivity index (χ0n) is 11.3. The van der Waals surface area contributed by atoms with Crippen molar-refractivity contribution in [3.05, 3.63) is 5.01 Å². The van der Waals surface area contributed by atoms with E-state index >= 15 is 0 Å². The number of aromatic nitrogens is 2. The minimum atomic E-state index is -0.526. The molecule has 1 aromatic heterocycles. The second kappa shape index (κ2) is 5.94. The first kappa shape index (κ1) is 14.4. The SMILES string of the molecule is CC(C)c1nnc(NC(=O)C2(CN)CCOCC2)s1. The lowest BCUT2D eigenvalue weighted by atomic mass is 9.79. The molecule has 0 atom stereocenters. The summed E-state index contributed by atoms with van der Waals surface area (Å²) in [6.07, 6.45) is 1.32. The van der Waals surface area contributed by atoms with E-state index in [1.165, 1.54) is 11.3 Å². The van der Waals surface area contributed by atoms with Crippen LogP contribution in [0.15, 0.2) is 0 Å². The van der Waals surface area contributed by atoms with Crippen molar-refractivity contribution < 1.29 is 9.53 Å². The normalized spacial score (nSPS) is 18.5. The van der Waals surface area contributed by atoms with Crippen molar-refractivity contribution in [2.24, 2.45) is 11.1 Å². The lowest BCUT2D eigenvalue weighted by molar-refractivity contribution is -0.130. The van der Waals surface area contributed by atoms with Crippen LogP contribution < -0.4 is 11.1 Å². The third kappa shape index (κ3) is 3.10. The fraction of sp³-hybridized carbons (Fsp3) is 0.750. The van der Waals surface area contributed by atoms with E-state index in [4.69, 9.17) is 10.5 Å². The number of hydrogen-bond donors (Lipinski definition) is 2. The van der Waals surface area contributed by atoms with Crippen LogP contribution >= 0.6 is 11.3 Å². The highest BCUT2D eigenvalue weighted by Crippen LogP contribution is 2.31. The molecule has 0 bridgehead atoms. The maximum Gasteiger partial charge on any atom is 0.233 e. The average Bonchev–Trinajstić information content (AvgIpc) is 2.88. The number of rotatable bonds is 4. The van der Waals surface area contributed by atoms with Crippen LogP contribution in [0.2, 0.25) is 0 Å². The van der Waals surface area contributed by atoms with E-state index in [2.05, 4.69) is 15.5 Å². The smallest absolute Gasteiger partial charge is 0.233 e. The van der Waals surface area contributed by atoms with Gasteiger partial charge in [0.1, 0.15) is 5.01 Å². The zero-order chi connectivity index (χ0) is 13.9. The predicted molar refractivity (Wildman–Crippen MR) is 74.2 cm³/mol. The average molecular weight is 284 g/mol. The molecule has 1 aliphatic heterocycles. The van der Waals surface area contributed by atoms with Crippen LogP contribution in [0.25, 0.3) is 0 Å². The Kier molecular flexibility index (Phi) is 4.49. The van der Waals surface area contributed by atoms with E-state index in [9.17, 15) is 4.79 Å². The molecule has 2 rings (SSSR count). The molecule has 2 heterocycles. The van der Waals surface area contributed by atoms with E-state index in [-0.39, 0.29) is 5.91 Å². The summed E-state index contributed by atoms with van der Waals surface area (Å²) >= 11 is 1.42. The quantitative estimate of drug-likeness (QED) is 0.871. The summed E-state index contributed by atoms with van der Waals surface area (Å²) in [7, 11) is 0. The van der Waals surface area contributed by atoms with Crippen molar-refractivity contribution in [3.63, 3.8) is 0 Å². The van der Waals surface area contributed by atoms with Crippen molar-refractivity contribution in [1.82, 2.24) is 10.2 Å². The minimum Gasteiger partial charge on any atom is -0.381 e. The maximum atomic E-state index is 12.4. The monoisotopic (exact) mass is 284 g/mol. The van der Waals surface area contributed by atoms with Crippen LogP contribution in [-0.2, 0) is 9.53 Å². The number of anilines is 1. The fourth-order valence-electron chi connectivity index (χ4n) is 2.03. The Morgan fingerprint density at radius 2 is 2.16 bits per heavy atom. The maximum absolute atomic E-state index is 12.4. The highest BCUT2D eigenvalue weighted by molar-refractivity contribution is 7.15. The lowest BCUT2D eigenvalue weighted by Gasteiger charge is -2.34. The molecule has 0 aliphatic carbocycles. The van der Waals surface area contributed by atoms with E-state index in [1.54, 1.807) is 0 Å². The number of amides is 1. The van der Waals surface area contributed by atoms with Gasteiger partial charge in [0.2, 0.25) is 11.0 Å². The van der Waals surface area contributed by atoms with E-state index in [0.29, 0.717) is 43.6 Å². The molecule has 1 saturated heterocycles. The molecule has 1 fully saturated rings. The molecule has 6 nitrogen and oxygen atoms in total. The van der Waals surface area contributed by atoms with Gasteiger partial charge in [0.05, 0.1) is 5.41 Å². The number of carbonyl (C=O) groups excluding carboxylic acids is 1. The summed E-state index contributed by atoms with van der Waals surface area (Å²) in [6, 6.07) is 0. The van der Waals surface area contributed by atoms with Crippen molar-refractivity contribution in [3.8, 4) is 0 Å². The second-order valence-electron chi connectivity index (χ2n) is 5.15. The second-order valence-corrected chi connectivity index (χ2v) is 6.16. The standard InChI is InChI=1S/C12H20N4O2S/c1-8(2)9-15-16-11(19-9)14-10(17)12(7-13)3-5-18-6-4-12/h8H,3-7,13H2,1-2H3,(H,14,16,17). The van der Waals surface area contributed by atoms with Gasteiger partial charge < -0.3 is 10.5 Å². The first-order chi connectivity index (χ1) is 9.07. The van der Waals surface area contributed by atoms with Gasteiger partial charge in [0.15, 0.2) is 0 Å². The number of nitrogens with zero attached hydrogens (tertiary/aromatic N) is 2. The summed E-state index contributed by atoms with van der Waals surface area (Å²) in [5, 5.41) is 12.4. The van der Waals surface area contributed by atoms with E-state index in [0.717, 1.165) is 5.01 Å². The molecule has 0 saturated carbocycles. The third-order valence-corrected chi connectivity index (χ3v) is 4.62. The van der Waals surface area contributed by atoms with Crippen molar-refractivity contribution in [2.45, 2.75) is 32.6 Å². The molecule has 3 N–H and O–H groups in total. The van der Waals surface area contributed by atoms with E-state index < -0.39 is 5.41 Å². The predicted octanol–water partition coefficient (Wildman–Crippen LogP) is 1.36. The molecule has 0 radical (unpaired) electrons. The largest absolute Gasteiger partial charge is 0.381 e. The van der Waals surface area contributed by atoms with Gasteiger partial charge in [-0.3, -0.25) is 10.1 Å². The Morgan fingerprint density at radius 3 is 2.68 bits per heavy atom. The van der Waals surface area contributed by atoms with Gasteiger partial charge >= 0.3 is 0 Å². The Hall–Kier alpha value is -1.05. The topological polar surface area (TPSA) is 90.1 Å². The Morgan fingerprint density at radius 1 is 1.47 bits per heavy atom. The van der Waals surface area contributed by atoms with Crippen molar-refractivity contribution in [2.75, 3.05) is 25.1 Å². The molecule has 19 heavy (non-hydrogen) atoms. The summed E-state index contributed by atoms with van der Waals surface area (Å²) < 4.78 is 5.30. The number of hydrogen-bond acceptors (Lipinski definition) is 6. The third-order valence-electron chi connectivity index (χ3n) is 3.48. The van der Waals surface area contributed by atoms with Crippen LogP contribution in [0.1, 0.15) is 37.6 Å². The van der Waals surface area contributed by atoms with Crippen LogP contribution in [0, 0.1) is 5.41 Å². The molecule has 1 aliphatic rings. The van der Waals surface area contributed by atoms with Gasteiger partial charge in [-0.15, -0.1) is 10.2 Å². The molecule has 106 valence electrons. The van der Waals surface area contributed by atoms with Gasteiger partial charge in [-0.05, 0) is 12.8 Å². The number of nitrogens with one attached hydrogen (secondary N) is 1. The Bertz CT molecular complexity index is 441. The molecule has 0 spiro atoms. The van der Waals surface area contributed by atoms with Gasteiger partial charge in [-0.1, -0.05) is 25.2 Å². The Balaban J connectivity index is 2.06. The molecular formula is C12H20N4O2S. The summed E-state index contributed by atoms with van der Waals surface area (Å²) in [4.78, 5) is 12.4. The summed E-state index contributed by atoms with van der Waals surface area (Å²) in [6.45, 7) is 5.59. The van der Waals surface area contributed by atoms with Crippen LogP contribution in [-0.4, -0.2) is 35.9 Å². The van der Waals surface area contributed by atoms with Crippen LogP contribution in [0.3, 0.4) is 0 Å². The zero-order valence-corrected chi connectivity index (χ0v) is 12.1. The van der Waals surface area contributed by atoms with Crippen LogP contribution in [0.4, 0.5) is 5.13 Å². The fourth-order valence-corrected chi connectivity index (χ4v) is 2.77. The number of carbonyl (C=O) groups is 1. The molecule has 1 amide bonds. The van der Waals surface area contributed by atoms with Gasteiger partial charge in [-0.25, -0.2) is 0 Å². The van der Waals surface area contributed by atoms with Crippen LogP contribution in [0.5, 0.6) is 0 Å². The minimum absolute atomic E-state index is 0.0650. The Labute approximate surface area is 116 Å². The lowest BCUT2D eigenvalue weighted by Crippen LogP contribution is -2.46. The molecule has 0 unspecified atom stereocenters. The first-order valence-corrected chi connectivity index (χ1v) is 7.32. The molecule has 0 aromatic carbocycles. The van der Waals surface area contributed by atoms with Gasteiger partial charge in [-0.2, -0.15) is 0 Å². The molecule has 1 aromatic rings. The van der Waals surface area contributed by atoms with Crippen molar-refractivity contribution >= 4 is 22.4 Å². The number of nitrogens with two attached hydrogens (primary N) is 1. The molecule has 7 heteroatoms. The molecular weight excluding hydrogens is 264 g/mol. The summed E-state index contributed by atoms with van der Waals surface area (Å²) in [5.74, 6) is 0.249. The van der Waals surface area contributed by atoms with Gasteiger partial charge in [0.25, 0.3) is 0 Å². The van der Waals surface area contributed by atoms with Gasteiger partial charge in [0, 0.05) is 25.7 Å². The van der Waals surface area contributed by atoms with Crippen molar-refractivity contribution in [1.29, 1.82) is 0 Å².